The minimum atomic E-state index is 0.308. The third-order valence-corrected chi connectivity index (χ3v) is 3.11. The number of Topliss-reactive ketones (excluding diaryl/α,β-unsaturated/α-hetero) is 1. The van der Waals surface area contributed by atoms with Gasteiger partial charge in [-0.25, -0.2) is 0 Å². The summed E-state index contributed by atoms with van der Waals surface area (Å²) in [6.45, 7) is 3.01. The predicted molar refractivity (Wildman–Crippen MR) is 62.3 cm³/mol. The van der Waals surface area contributed by atoms with Crippen molar-refractivity contribution in [3.05, 3.63) is 17.5 Å². The van der Waals surface area contributed by atoms with E-state index in [1.54, 1.807) is 4.68 Å². The van der Waals surface area contributed by atoms with Gasteiger partial charge in [-0.2, -0.15) is 5.10 Å². The van der Waals surface area contributed by atoms with Crippen LogP contribution in [0.25, 0.3) is 0 Å². The van der Waals surface area contributed by atoms with Crippen molar-refractivity contribution in [3.63, 3.8) is 0 Å². The topological polar surface area (TPSA) is 46.9 Å². The first kappa shape index (κ1) is 11.3. The zero-order valence-corrected chi connectivity index (χ0v) is 9.99. The molecule has 0 bridgehead atoms. The van der Waals surface area contributed by atoms with Crippen LogP contribution in [0, 0.1) is 6.92 Å². The van der Waals surface area contributed by atoms with E-state index in [0.29, 0.717) is 24.7 Å². The summed E-state index contributed by atoms with van der Waals surface area (Å²) in [7, 11) is 1.89. The highest BCUT2D eigenvalue weighted by Crippen LogP contribution is 2.11. The number of hydrogen-bond acceptors (Lipinski definition) is 3. The van der Waals surface area contributed by atoms with Gasteiger partial charge in [0.2, 0.25) is 0 Å². The van der Waals surface area contributed by atoms with Gasteiger partial charge in [-0.3, -0.25) is 9.48 Å². The molecule has 1 aromatic rings. The molecule has 0 radical (unpaired) electrons. The second-order valence-electron chi connectivity index (χ2n) is 4.61. The summed E-state index contributed by atoms with van der Waals surface area (Å²) in [5, 5.41) is 7.59. The van der Waals surface area contributed by atoms with Crippen molar-refractivity contribution in [2.75, 3.05) is 6.54 Å². The summed E-state index contributed by atoms with van der Waals surface area (Å²) in [6.07, 6.45) is 3.50. The maximum atomic E-state index is 11.8. The number of carbonyl (C=O) groups is 1. The normalized spacial score (nSPS) is 20.2. The summed E-state index contributed by atoms with van der Waals surface area (Å²) >= 11 is 0. The van der Waals surface area contributed by atoms with E-state index in [-0.39, 0.29) is 0 Å². The molecule has 1 saturated heterocycles. The second kappa shape index (κ2) is 4.78. The Hall–Kier alpha value is -1.16. The molecule has 88 valence electrons. The van der Waals surface area contributed by atoms with Crippen molar-refractivity contribution >= 4 is 5.78 Å². The number of carbonyl (C=O) groups excluding carboxylic acids is 1. The molecule has 4 heteroatoms. The lowest BCUT2D eigenvalue weighted by molar-refractivity contribution is -0.118. The van der Waals surface area contributed by atoms with Gasteiger partial charge in [-0.15, -0.1) is 0 Å². The minimum absolute atomic E-state index is 0.308. The second-order valence-corrected chi connectivity index (χ2v) is 4.61. The lowest BCUT2D eigenvalue weighted by Gasteiger charge is -2.08. The van der Waals surface area contributed by atoms with E-state index >= 15 is 0 Å². The standard InChI is InChI=1S/C12H19N3O/c1-9-6-11(15(2)14-9)8-12(16)7-10-4-3-5-13-10/h6,10,13H,3-5,7-8H2,1-2H3. The number of aromatic nitrogens is 2. The fraction of sp³-hybridized carbons (Fsp3) is 0.667. The van der Waals surface area contributed by atoms with Crippen molar-refractivity contribution < 1.29 is 4.79 Å². The van der Waals surface area contributed by atoms with E-state index in [9.17, 15) is 4.79 Å². The lowest BCUT2D eigenvalue weighted by Crippen LogP contribution is -2.25. The van der Waals surface area contributed by atoms with E-state index < -0.39 is 0 Å². The van der Waals surface area contributed by atoms with Gasteiger partial charge in [-0.05, 0) is 32.4 Å². The maximum Gasteiger partial charge on any atom is 0.140 e. The van der Waals surface area contributed by atoms with Gasteiger partial charge in [0, 0.05) is 31.6 Å². The highest BCUT2D eigenvalue weighted by atomic mass is 16.1. The number of nitrogens with one attached hydrogen (secondary N) is 1. The van der Waals surface area contributed by atoms with Crippen LogP contribution < -0.4 is 5.32 Å². The third-order valence-electron chi connectivity index (χ3n) is 3.11. The monoisotopic (exact) mass is 221 g/mol. The molecular weight excluding hydrogens is 202 g/mol. The molecule has 1 N–H and O–H groups in total. The van der Waals surface area contributed by atoms with Crippen LogP contribution >= 0.6 is 0 Å². The Kier molecular flexibility index (Phi) is 3.39. The maximum absolute atomic E-state index is 11.8. The number of ketones is 1. The van der Waals surface area contributed by atoms with E-state index in [4.69, 9.17) is 0 Å². The van der Waals surface area contributed by atoms with Crippen molar-refractivity contribution in [3.8, 4) is 0 Å². The highest BCUT2D eigenvalue weighted by molar-refractivity contribution is 5.81. The first-order chi connectivity index (χ1) is 7.65. The molecule has 0 aliphatic carbocycles. The average molecular weight is 221 g/mol. The molecule has 1 aromatic heterocycles. The van der Waals surface area contributed by atoms with Crippen LogP contribution in [-0.4, -0.2) is 28.2 Å². The van der Waals surface area contributed by atoms with Crippen LogP contribution in [0.1, 0.15) is 30.7 Å². The van der Waals surface area contributed by atoms with Gasteiger partial charge in [0.15, 0.2) is 0 Å². The SMILES string of the molecule is Cc1cc(CC(=O)CC2CCCN2)n(C)n1. The van der Waals surface area contributed by atoms with Crippen molar-refractivity contribution in [1.29, 1.82) is 0 Å². The Balaban J connectivity index is 1.89. The van der Waals surface area contributed by atoms with Crippen LogP contribution in [0.2, 0.25) is 0 Å². The average Bonchev–Trinajstić information content (AvgIpc) is 2.78. The molecule has 2 rings (SSSR count). The highest BCUT2D eigenvalue weighted by Gasteiger charge is 2.18. The summed E-state index contributed by atoms with van der Waals surface area (Å²) < 4.78 is 1.80. The van der Waals surface area contributed by atoms with Gasteiger partial charge in [-0.1, -0.05) is 0 Å². The quantitative estimate of drug-likeness (QED) is 0.824. The van der Waals surface area contributed by atoms with E-state index in [1.165, 1.54) is 6.42 Å². The number of rotatable bonds is 4. The molecule has 1 aliphatic heterocycles. The molecular formula is C12H19N3O. The zero-order valence-electron chi connectivity index (χ0n) is 9.99. The fourth-order valence-corrected chi connectivity index (χ4v) is 2.31. The van der Waals surface area contributed by atoms with E-state index in [0.717, 1.165) is 24.4 Å². The smallest absolute Gasteiger partial charge is 0.140 e. The number of hydrogen-bond donors (Lipinski definition) is 1. The molecule has 2 heterocycles. The predicted octanol–water partition coefficient (Wildman–Crippen LogP) is 0.982. The Morgan fingerprint density at radius 1 is 1.69 bits per heavy atom. The zero-order chi connectivity index (χ0) is 11.5. The van der Waals surface area contributed by atoms with Gasteiger partial charge in [0.1, 0.15) is 5.78 Å². The van der Waals surface area contributed by atoms with Crippen LogP contribution in [0.4, 0.5) is 0 Å². The Morgan fingerprint density at radius 2 is 2.50 bits per heavy atom. The van der Waals surface area contributed by atoms with Gasteiger partial charge >= 0.3 is 0 Å². The first-order valence-corrected chi connectivity index (χ1v) is 5.90. The van der Waals surface area contributed by atoms with Crippen LogP contribution in [-0.2, 0) is 18.3 Å². The molecule has 1 aliphatic rings. The summed E-state index contributed by atoms with van der Waals surface area (Å²) in [6, 6.07) is 2.39. The molecule has 0 saturated carbocycles. The fourth-order valence-electron chi connectivity index (χ4n) is 2.31. The molecule has 1 atom stereocenters. The summed E-state index contributed by atoms with van der Waals surface area (Å²) in [5.74, 6) is 0.308. The third kappa shape index (κ3) is 2.70. The van der Waals surface area contributed by atoms with Crippen molar-refractivity contribution in [2.24, 2.45) is 7.05 Å². The summed E-state index contributed by atoms with van der Waals surface area (Å²) in [5.41, 5.74) is 1.99. The summed E-state index contributed by atoms with van der Waals surface area (Å²) in [4.78, 5) is 11.8. The van der Waals surface area contributed by atoms with Gasteiger partial charge in [0.25, 0.3) is 0 Å². The Labute approximate surface area is 96.0 Å². The van der Waals surface area contributed by atoms with Gasteiger partial charge in [0.05, 0.1) is 5.69 Å². The van der Waals surface area contributed by atoms with Gasteiger partial charge < -0.3 is 5.32 Å². The first-order valence-electron chi connectivity index (χ1n) is 5.90. The molecule has 0 aromatic carbocycles. The number of nitrogens with zero attached hydrogens (tertiary/aromatic N) is 2. The van der Waals surface area contributed by atoms with Crippen LogP contribution in [0.3, 0.4) is 0 Å². The van der Waals surface area contributed by atoms with E-state index in [1.807, 2.05) is 20.0 Å². The van der Waals surface area contributed by atoms with E-state index in [2.05, 4.69) is 10.4 Å². The van der Waals surface area contributed by atoms with Crippen LogP contribution in [0.5, 0.6) is 0 Å². The molecule has 16 heavy (non-hydrogen) atoms. The molecule has 1 fully saturated rings. The van der Waals surface area contributed by atoms with Crippen molar-refractivity contribution in [2.45, 2.75) is 38.6 Å². The molecule has 1 unspecified atom stereocenters. The largest absolute Gasteiger partial charge is 0.314 e. The van der Waals surface area contributed by atoms with Crippen molar-refractivity contribution in [1.82, 2.24) is 15.1 Å². The number of aryl methyl sites for hydroxylation is 2. The van der Waals surface area contributed by atoms with Crippen LogP contribution in [0.15, 0.2) is 6.07 Å². The Bertz CT molecular complexity index is 378. The lowest BCUT2D eigenvalue weighted by atomic mass is 10.1. The molecule has 0 spiro atoms. The molecule has 0 amide bonds. The molecule has 4 nitrogen and oxygen atoms in total. The Morgan fingerprint density at radius 3 is 3.06 bits per heavy atom. The minimum Gasteiger partial charge on any atom is -0.314 e.